The van der Waals surface area contributed by atoms with Gasteiger partial charge in [-0.25, -0.2) is 0 Å². The third-order valence-corrected chi connectivity index (χ3v) is 4.82. The first kappa shape index (κ1) is 15.8. The van der Waals surface area contributed by atoms with E-state index in [1.165, 1.54) is 0 Å². The van der Waals surface area contributed by atoms with Gasteiger partial charge in [0.1, 0.15) is 0 Å². The van der Waals surface area contributed by atoms with E-state index in [-0.39, 0.29) is 17.9 Å². The molecule has 114 valence electrons. The summed E-state index contributed by atoms with van der Waals surface area (Å²) in [4.78, 5) is 13.6. The Morgan fingerprint density at radius 3 is 2.60 bits per heavy atom. The molecule has 2 rings (SSSR count). The summed E-state index contributed by atoms with van der Waals surface area (Å²) in [5.74, 6) is -0.994. The van der Waals surface area contributed by atoms with Crippen LogP contribution in [0.3, 0.4) is 0 Å². The van der Waals surface area contributed by atoms with Crippen LogP contribution in [0.25, 0.3) is 0 Å². The molecule has 6 nitrogen and oxygen atoms in total. The highest BCUT2D eigenvalue weighted by molar-refractivity contribution is 6.40. The summed E-state index contributed by atoms with van der Waals surface area (Å²) in [6.07, 6.45) is 4.91. The summed E-state index contributed by atoms with van der Waals surface area (Å²) in [5, 5.41) is 27.1. The highest BCUT2D eigenvalue weighted by atomic mass is 16.4. The zero-order valence-electron chi connectivity index (χ0n) is 11.8. The Morgan fingerprint density at radius 2 is 2.05 bits per heavy atom. The smallest absolute Gasteiger partial charge is 0.451 e. The molecule has 0 aromatic rings. The zero-order valence-corrected chi connectivity index (χ0v) is 11.8. The fourth-order valence-corrected chi connectivity index (χ4v) is 3.73. The molecule has 0 aromatic carbocycles. The standard InChI is InChI=1S/C13H25BN2O4/c15-11-4-1-5-12(11)16-7-9(3-2-6-14(19)20)10(8-16)13(17)18/h9-12,19-20H,1-8,15H2,(H,17,18)/t9?,10-,11?,12?/m1/s1. The minimum absolute atomic E-state index is 0.0963. The summed E-state index contributed by atoms with van der Waals surface area (Å²) < 4.78 is 0. The number of hydrogen-bond acceptors (Lipinski definition) is 5. The van der Waals surface area contributed by atoms with Crippen LogP contribution in [0.15, 0.2) is 0 Å². The molecule has 0 bridgehead atoms. The fraction of sp³-hybridized carbons (Fsp3) is 0.923. The molecule has 2 fully saturated rings. The zero-order chi connectivity index (χ0) is 14.7. The molecule has 20 heavy (non-hydrogen) atoms. The maximum absolute atomic E-state index is 11.4. The minimum Gasteiger partial charge on any atom is -0.481 e. The van der Waals surface area contributed by atoms with E-state index in [1.807, 2.05) is 0 Å². The van der Waals surface area contributed by atoms with Gasteiger partial charge in [0.25, 0.3) is 0 Å². The Labute approximate surface area is 120 Å². The molecule has 1 saturated carbocycles. The van der Waals surface area contributed by atoms with Crippen LogP contribution < -0.4 is 5.73 Å². The van der Waals surface area contributed by atoms with Gasteiger partial charge < -0.3 is 20.9 Å². The fourth-order valence-electron chi connectivity index (χ4n) is 3.73. The van der Waals surface area contributed by atoms with Crippen molar-refractivity contribution in [2.24, 2.45) is 17.6 Å². The van der Waals surface area contributed by atoms with Crippen LogP contribution in [0.2, 0.25) is 6.32 Å². The van der Waals surface area contributed by atoms with E-state index in [0.29, 0.717) is 25.3 Å². The molecule has 2 aliphatic rings. The minimum atomic E-state index is -1.29. The first-order valence-corrected chi connectivity index (χ1v) is 7.57. The van der Waals surface area contributed by atoms with Crippen LogP contribution in [0.4, 0.5) is 0 Å². The lowest BCUT2D eigenvalue weighted by atomic mass is 9.80. The van der Waals surface area contributed by atoms with Crippen molar-refractivity contribution >= 4 is 13.1 Å². The molecule has 0 aromatic heterocycles. The largest absolute Gasteiger partial charge is 0.481 e. The van der Waals surface area contributed by atoms with Crippen LogP contribution in [0.1, 0.15) is 32.1 Å². The van der Waals surface area contributed by atoms with Crippen molar-refractivity contribution in [1.29, 1.82) is 0 Å². The van der Waals surface area contributed by atoms with Crippen molar-refractivity contribution in [2.45, 2.75) is 50.5 Å². The van der Waals surface area contributed by atoms with Crippen LogP contribution in [0.5, 0.6) is 0 Å². The Hall–Kier alpha value is -0.625. The normalized spacial score (nSPS) is 34.5. The molecule has 0 amide bonds. The van der Waals surface area contributed by atoms with Crippen molar-refractivity contribution in [1.82, 2.24) is 4.90 Å². The molecular weight excluding hydrogens is 259 g/mol. The van der Waals surface area contributed by atoms with Gasteiger partial charge in [0.2, 0.25) is 0 Å². The molecule has 1 aliphatic carbocycles. The number of hydrogen-bond donors (Lipinski definition) is 4. The number of aliphatic carboxylic acids is 1. The Kier molecular flexibility index (Phi) is 5.43. The summed E-state index contributed by atoms with van der Waals surface area (Å²) in [6, 6.07) is 0.493. The molecule has 1 heterocycles. The lowest BCUT2D eigenvalue weighted by molar-refractivity contribution is -0.142. The van der Waals surface area contributed by atoms with Crippen molar-refractivity contribution in [2.75, 3.05) is 13.1 Å². The van der Waals surface area contributed by atoms with Crippen LogP contribution in [-0.4, -0.2) is 58.3 Å². The second-order valence-electron chi connectivity index (χ2n) is 6.23. The number of nitrogens with two attached hydrogens (primary N) is 1. The molecule has 5 N–H and O–H groups in total. The Bertz CT molecular complexity index is 342. The number of carboxylic acid groups (broad SMARTS) is 1. The van der Waals surface area contributed by atoms with E-state index in [2.05, 4.69) is 4.90 Å². The average molecular weight is 284 g/mol. The quantitative estimate of drug-likeness (QED) is 0.501. The SMILES string of the molecule is NC1CCCC1N1CC(CCCB(O)O)[C@H](C(=O)O)C1. The predicted octanol–water partition coefficient (Wildman–Crippen LogP) is -0.248. The van der Waals surface area contributed by atoms with Gasteiger partial charge in [-0.3, -0.25) is 9.69 Å². The summed E-state index contributed by atoms with van der Waals surface area (Å²) >= 11 is 0. The monoisotopic (exact) mass is 284 g/mol. The summed E-state index contributed by atoms with van der Waals surface area (Å²) in [7, 11) is -1.29. The predicted molar refractivity (Wildman–Crippen MR) is 76.0 cm³/mol. The van der Waals surface area contributed by atoms with E-state index in [9.17, 15) is 9.90 Å². The summed E-state index contributed by atoms with van der Waals surface area (Å²) in [5.41, 5.74) is 6.11. The van der Waals surface area contributed by atoms with Crippen molar-refractivity contribution in [3.05, 3.63) is 0 Å². The number of rotatable bonds is 6. The lowest BCUT2D eigenvalue weighted by Gasteiger charge is -2.27. The lowest BCUT2D eigenvalue weighted by Crippen LogP contribution is -2.43. The van der Waals surface area contributed by atoms with Gasteiger partial charge in [-0.2, -0.15) is 0 Å². The first-order valence-electron chi connectivity index (χ1n) is 7.57. The third kappa shape index (κ3) is 3.72. The van der Waals surface area contributed by atoms with Crippen molar-refractivity contribution in [3.8, 4) is 0 Å². The van der Waals surface area contributed by atoms with Gasteiger partial charge in [0.15, 0.2) is 0 Å². The van der Waals surface area contributed by atoms with E-state index in [4.69, 9.17) is 15.8 Å². The second-order valence-corrected chi connectivity index (χ2v) is 6.23. The molecule has 1 saturated heterocycles. The number of carbonyl (C=O) groups is 1. The van der Waals surface area contributed by atoms with Crippen molar-refractivity contribution < 1.29 is 19.9 Å². The van der Waals surface area contributed by atoms with E-state index >= 15 is 0 Å². The van der Waals surface area contributed by atoms with Gasteiger partial charge in [-0.15, -0.1) is 0 Å². The average Bonchev–Trinajstić information content (AvgIpc) is 2.94. The highest BCUT2D eigenvalue weighted by Crippen LogP contribution is 2.33. The maximum Gasteiger partial charge on any atom is 0.451 e. The van der Waals surface area contributed by atoms with Gasteiger partial charge >= 0.3 is 13.1 Å². The topological polar surface area (TPSA) is 107 Å². The van der Waals surface area contributed by atoms with Gasteiger partial charge in [0.05, 0.1) is 5.92 Å². The van der Waals surface area contributed by atoms with Gasteiger partial charge in [0, 0.05) is 25.2 Å². The van der Waals surface area contributed by atoms with E-state index in [0.717, 1.165) is 32.2 Å². The molecule has 3 unspecified atom stereocenters. The van der Waals surface area contributed by atoms with Gasteiger partial charge in [-0.1, -0.05) is 12.8 Å². The maximum atomic E-state index is 11.4. The van der Waals surface area contributed by atoms with E-state index < -0.39 is 13.1 Å². The Balaban J connectivity index is 1.91. The third-order valence-electron chi connectivity index (χ3n) is 4.82. The number of carboxylic acids is 1. The Morgan fingerprint density at radius 1 is 1.30 bits per heavy atom. The van der Waals surface area contributed by atoms with Gasteiger partial charge in [-0.05, 0) is 31.5 Å². The molecule has 7 heteroatoms. The van der Waals surface area contributed by atoms with E-state index in [1.54, 1.807) is 0 Å². The molecule has 0 spiro atoms. The molecule has 0 radical (unpaired) electrons. The highest BCUT2D eigenvalue weighted by Gasteiger charge is 2.42. The molecular formula is C13H25BN2O4. The second kappa shape index (κ2) is 6.89. The first-order chi connectivity index (χ1) is 9.49. The number of nitrogens with zero attached hydrogens (tertiary/aromatic N) is 1. The van der Waals surface area contributed by atoms with Crippen LogP contribution >= 0.6 is 0 Å². The number of likely N-dealkylation sites (tertiary alicyclic amines) is 1. The molecule has 1 aliphatic heterocycles. The molecule has 4 atom stereocenters. The van der Waals surface area contributed by atoms with Crippen LogP contribution in [0, 0.1) is 11.8 Å². The van der Waals surface area contributed by atoms with Crippen molar-refractivity contribution in [3.63, 3.8) is 0 Å². The van der Waals surface area contributed by atoms with Crippen LogP contribution in [-0.2, 0) is 4.79 Å². The summed E-state index contributed by atoms with van der Waals surface area (Å²) in [6.45, 7) is 1.36.